The topological polar surface area (TPSA) is 40.7 Å². The van der Waals surface area contributed by atoms with Gasteiger partial charge in [-0.3, -0.25) is 5.10 Å². The molecule has 0 amide bonds. The lowest BCUT2D eigenvalue weighted by atomic mass is 9.70. The molecule has 3 heteroatoms. The van der Waals surface area contributed by atoms with E-state index < -0.39 is 0 Å². The Hall–Kier alpha value is -0.830. The molecule has 1 aliphatic rings. The van der Waals surface area contributed by atoms with Gasteiger partial charge in [-0.2, -0.15) is 5.10 Å². The second-order valence-electron chi connectivity index (χ2n) is 6.53. The molecule has 0 spiro atoms. The summed E-state index contributed by atoms with van der Waals surface area (Å²) in [5.41, 5.74) is 1.73. The molecular formula is C14H25N3. The Morgan fingerprint density at radius 3 is 2.82 bits per heavy atom. The minimum Gasteiger partial charge on any atom is -0.307 e. The highest BCUT2D eigenvalue weighted by Crippen LogP contribution is 2.39. The van der Waals surface area contributed by atoms with Crippen LogP contribution in [-0.2, 0) is 0 Å². The van der Waals surface area contributed by atoms with Gasteiger partial charge in [0.25, 0.3) is 0 Å². The largest absolute Gasteiger partial charge is 0.307 e. The molecular weight excluding hydrogens is 210 g/mol. The molecule has 2 rings (SSSR count). The monoisotopic (exact) mass is 235 g/mol. The zero-order chi connectivity index (χ0) is 12.5. The van der Waals surface area contributed by atoms with E-state index in [1.54, 1.807) is 0 Å². The molecule has 0 bridgehead atoms. The summed E-state index contributed by atoms with van der Waals surface area (Å²) in [6.07, 6.45) is 7.82. The van der Waals surface area contributed by atoms with Crippen molar-refractivity contribution in [1.82, 2.24) is 15.5 Å². The standard InChI is InChI=1S/C14H25N3/c1-10-5-13(7-14(3,4)6-10)17-11(2)12-8-15-16-9-12/h8-11,13,17H,5-7H2,1-4H3,(H,15,16). The number of hydrogen-bond acceptors (Lipinski definition) is 2. The van der Waals surface area contributed by atoms with Crippen molar-refractivity contribution in [1.29, 1.82) is 0 Å². The molecule has 17 heavy (non-hydrogen) atoms. The average Bonchev–Trinajstić information content (AvgIpc) is 2.65. The second-order valence-corrected chi connectivity index (χ2v) is 6.53. The molecule has 1 aromatic rings. The Bertz CT molecular complexity index is 342. The Morgan fingerprint density at radius 2 is 2.24 bits per heavy atom. The summed E-state index contributed by atoms with van der Waals surface area (Å²) in [6, 6.07) is 1.03. The summed E-state index contributed by atoms with van der Waals surface area (Å²) in [5.74, 6) is 0.827. The van der Waals surface area contributed by atoms with Crippen molar-refractivity contribution in [3.8, 4) is 0 Å². The predicted molar refractivity (Wildman–Crippen MR) is 70.7 cm³/mol. The molecule has 0 aliphatic heterocycles. The first kappa shape index (κ1) is 12.6. The van der Waals surface area contributed by atoms with Gasteiger partial charge in [0.15, 0.2) is 0 Å². The highest BCUT2D eigenvalue weighted by molar-refractivity contribution is 5.08. The van der Waals surface area contributed by atoms with Crippen LogP contribution in [0.1, 0.15) is 58.6 Å². The number of aromatic nitrogens is 2. The maximum absolute atomic E-state index is 4.01. The molecule has 0 radical (unpaired) electrons. The van der Waals surface area contributed by atoms with Crippen LogP contribution >= 0.6 is 0 Å². The molecule has 2 N–H and O–H groups in total. The van der Waals surface area contributed by atoms with Gasteiger partial charge in [-0.05, 0) is 37.5 Å². The lowest BCUT2D eigenvalue weighted by Gasteiger charge is -2.40. The minimum atomic E-state index is 0.389. The summed E-state index contributed by atoms with van der Waals surface area (Å²) in [4.78, 5) is 0. The third-order valence-electron chi connectivity index (χ3n) is 3.89. The van der Waals surface area contributed by atoms with Gasteiger partial charge in [0, 0.05) is 23.8 Å². The van der Waals surface area contributed by atoms with Crippen molar-refractivity contribution < 1.29 is 0 Å². The first-order valence-corrected chi connectivity index (χ1v) is 6.71. The fraction of sp³-hybridized carbons (Fsp3) is 0.786. The first-order chi connectivity index (χ1) is 7.96. The van der Waals surface area contributed by atoms with E-state index in [0.717, 1.165) is 5.92 Å². The van der Waals surface area contributed by atoms with E-state index in [0.29, 0.717) is 17.5 Å². The van der Waals surface area contributed by atoms with Crippen molar-refractivity contribution in [2.45, 2.75) is 59.0 Å². The normalized spacial score (nSPS) is 30.1. The molecule has 1 aromatic heterocycles. The van der Waals surface area contributed by atoms with Gasteiger partial charge >= 0.3 is 0 Å². The zero-order valence-corrected chi connectivity index (χ0v) is 11.5. The van der Waals surface area contributed by atoms with Crippen molar-refractivity contribution in [3.05, 3.63) is 18.0 Å². The molecule has 1 aliphatic carbocycles. The molecule has 3 atom stereocenters. The molecule has 0 aromatic carbocycles. The highest BCUT2D eigenvalue weighted by atomic mass is 15.1. The minimum absolute atomic E-state index is 0.389. The molecule has 1 fully saturated rings. The van der Waals surface area contributed by atoms with Gasteiger partial charge < -0.3 is 5.32 Å². The quantitative estimate of drug-likeness (QED) is 0.844. The van der Waals surface area contributed by atoms with E-state index in [-0.39, 0.29) is 0 Å². The average molecular weight is 235 g/mol. The van der Waals surface area contributed by atoms with E-state index in [4.69, 9.17) is 0 Å². The van der Waals surface area contributed by atoms with E-state index in [1.807, 2.05) is 12.4 Å². The Kier molecular flexibility index (Phi) is 3.57. The molecule has 0 saturated heterocycles. The van der Waals surface area contributed by atoms with Gasteiger partial charge in [0.2, 0.25) is 0 Å². The van der Waals surface area contributed by atoms with E-state index in [9.17, 15) is 0 Å². The number of aromatic amines is 1. The van der Waals surface area contributed by atoms with Crippen LogP contribution in [0.2, 0.25) is 0 Å². The molecule has 96 valence electrons. The molecule has 3 unspecified atom stereocenters. The summed E-state index contributed by atoms with van der Waals surface area (Å²) in [6.45, 7) is 9.37. The fourth-order valence-electron chi connectivity index (χ4n) is 3.42. The molecule has 1 saturated carbocycles. The molecule has 3 nitrogen and oxygen atoms in total. The van der Waals surface area contributed by atoms with Gasteiger partial charge in [-0.15, -0.1) is 0 Å². The number of hydrogen-bond donors (Lipinski definition) is 2. The second kappa shape index (κ2) is 4.81. The van der Waals surface area contributed by atoms with Crippen molar-refractivity contribution in [3.63, 3.8) is 0 Å². The lowest BCUT2D eigenvalue weighted by Crippen LogP contribution is -2.41. The van der Waals surface area contributed by atoms with Crippen LogP contribution in [0.25, 0.3) is 0 Å². The van der Waals surface area contributed by atoms with Crippen LogP contribution in [0.5, 0.6) is 0 Å². The van der Waals surface area contributed by atoms with E-state index in [1.165, 1.54) is 24.8 Å². The molecule has 1 heterocycles. The van der Waals surface area contributed by atoms with E-state index >= 15 is 0 Å². The summed E-state index contributed by atoms with van der Waals surface area (Å²) in [5, 5.41) is 10.6. The van der Waals surface area contributed by atoms with Crippen LogP contribution in [0.4, 0.5) is 0 Å². The highest BCUT2D eigenvalue weighted by Gasteiger charge is 2.32. The Labute approximate surface area is 104 Å². The van der Waals surface area contributed by atoms with Crippen LogP contribution in [-0.4, -0.2) is 16.2 Å². The van der Waals surface area contributed by atoms with Crippen LogP contribution in [0.3, 0.4) is 0 Å². The SMILES string of the molecule is CC1CC(NC(C)c2cn[nH]c2)CC(C)(C)C1. The maximum atomic E-state index is 4.01. The summed E-state index contributed by atoms with van der Waals surface area (Å²) in [7, 11) is 0. The number of nitrogens with zero attached hydrogens (tertiary/aromatic N) is 1. The van der Waals surface area contributed by atoms with Crippen LogP contribution in [0.15, 0.2) is 12.4 Å². The van der Waals surface area contributed by atoms with Gasteiger partial charge in [0.05, 0.1) is 6.20 Å². The Morgan fingerprint density at radius 1 is 1.47 bits per heavy atom. The van der Waals surface area contributed by atoms with Crippen LogP contribution < -0.4 is 5.32 Å². The number of H-pyrrole nitrogens is 1. The smallest absolute Gasteiger partial charge is 0.0534 e. The van der Waals surface area contributed by atoms with Gasteiger partial charge in [0.1, 0.15) is 0 Å². The summed E-state index contributed by atoms with van der Waals surface area (Å²) >= 11 is 0. The summed E-state index contributed by atoms with van der Waals surface area (Å²) < 4.78 is 0. The lowest BCUT2D eigenvalue weighted by molar-refractivity contribution is 0.145. The van der Waals surface area contributed by atoms with Crippen LogP contribution in [0, 0.1) is 11.3 Å². The number of nitrogens with one attached hydrogen (secondary N) is 2. The van der Waals surface area contributed by atoms with Crippen molar-refractivity contribution in [2.75, 3.05) is 0 Å². The van der Waals surface area contributed by atoms with Gasteiger partial charge in [-0.25, -0.2) is 0 Å². The van der Waals surface area contributed by atoms with E-state index in [2.05, 4.69) is 43.2 Å². The first-order valence-electron chi connectivity index (χ1n) is 6.71. The van der Waals surface area contributed by atoms with Gasteiger partial charge in [-0.1, -0.05) is 20.8 Å². The predicted octanol–water partition coefficient (Wildman–Crippen LogP) is 3.28. The number of rotatable bonds is 3. The van der Waals surface area contributed by atoms with Crippen molar-refractivity contribution in [2.24, 2.45) is 11.3 Å². The van der Waals surface area contributed by atoms with Crippen molar-refractivity contribution >= 4 is 0 Å². The maximum Gasteiger partial charge on any atom is 0.0534 e. The Balaban J connectivity index is 1.94. The third kappa shape index (κ3) is 3.32. The zero-order valence-electron chi connectivity index (χ0n) is 11.5. The third-order valence-corrected chi connectivity index (χ3v) is 3.89. The fourth-order valence-corrected chi connectivity index (χ4v) is 3.42.